The third-order valence-electron chi connectivity index (χ3n) is 4.17. The van der Waals surface area contributed by atoms with Crippen LogP contribution in [0.15, 0.2) is 59.4 Å². The molecule has 2 aromatic heterocycles. The SMILES string of the molecule is O=c1c2ccccc2nc(-c2cc3ccccc3[nH]2)n1CCCO. The van der Waals surface area contributed by atoms with Gasteiger partial charge in [0.15, 0.2) is 5.82 Å². The minimum Gasteiger partial charge on any atom is -0.396 e. The molecule has 0 aliphatic carbocycles. The minimum atomic E-state index is -0.0808. The first-order chi connectivity index (χ1) is 11.8. The summed E-state index contributed by atoms with van der Waals surface area (Å²) in [5, 5.41) is 10.8. The average molecular weight is 319 g/mol. The molecule has 0 saturated heterocycles. The van der Waals surface area contributed by atoms with Crippen molar-refractivity contribution < 1.29 is 5.11 Å². The Morgan fingerprint density at radius 3 is 2.71 bits per heavy atom. The van der Waals surface area contributed by atoms with Crippen molar-refractivity contribution in [1.82, 2.24) is 14.5 Å². The van der Waals surface area contributed by atoms with E-state index in [1.165, 1.54) is 0 Å². The van der Waals surface area contributed by atoms with Crippen LogP contribution in [-0.4, -0.2) is 26.2 Å². The van der Waals surface area contributed by atoms with E-state index in [1.807, 2.05) is 48.5 Å². The van der Waals surface area contributed by atoms with Gasteiger partial charge in [-0.2, -0.15) is 0 Å². The highest BCUT2D eigenvalue weighted by Gasteiger charge is 2.14. The van der Waals surface area contributed by atoms with Crippen LogP contribution in [0.4, 0.5) is 0 Å². The summed E-state index contributed by atoms with van der Waals surface area (Å²) in [6, 6.07) is 17.3. The number of hydrogen-bond acceptors (Lipinski definition) is 3. The fourth-order valence-corrected chi connectivity index (χ4v) is 3.00. The number of aromatic nitrogens is 3. The summed E-state index contributed by atoms with van der Waals surface area (Å²) in [7, 11) is 0. The second kappa shape index (κ2) is 5.94. The standard InChI is InChI=1S/C19H17N3O2/c23-11-5-10-22-18(17-12-13-6-1-3-8-15(13)20-17)21-16-9-4-2-7-14(16)19(22)24/h1-4,6-9,12,20,23H,5,10-11H2. The molecule has 4 aromatic rings. The van der Waals surface area contributed by atoms with Gasteiger partial charge in [0.1, 0.15) is 0 Å². The largest absolute Gasteiger partial charge is 0.396 e. The van der Waals surface area contributed by atoms with Crippen molar-refractivity contribution in [1.29, 1.82) is 0 Å². The Hall–Kier alpha value is -2.92. The number of nitrogens with one attached hydrogen (secondary N) is 1. The van der Waals surface area contributed by atoms with Crippen LogP contribution in [0.1, 0.15) is 6.42 Å². The van der Waals surface area contributed by atoms with Crippen molar-refractivity contribution in [2.75, 3.05) is 6.61 Å². The fourth-order valence-electron chi connectivity index (χ4n) is 3.00. The summed E-state index contributed by atoms with van der Waals surface area (Å²) in [5.74, 6) is 0.600. The first-order valence-electron chi connectivity index (χ1n) is 7.96. The van der Waals surface area contributed by atoms with Crippen molar-refractivity contribution in [3.63, 3.8) is 0 Å². The molecule has 2 N–H and O–H groups in total. The van der Waals surface area contributed by atoms with E-state index in [4.69, 9.17) is 10.1 Å². The van der Waals surface area contributed by atoms with Crippen LogP contribution < -0.4 is 5.56 Å². The number of aromatic amines is 1. The summed E-state index contributed by atoms with van der Waals surface area (Å²) in [4.78, 5) is 20.9. The molecule has 0 aliphatic rings. The maximum atomic E-state index is 12.9. The molecular weight excluding hydrogens is 302 g/mol. The molecule has 0 radical (unpaired) electrons. The zero-order valence-electron chi connectivity index (χ0n) is 13.1. The molecule has 2 heterocycles. The van der Waals surface area contributed by atoms with Gasteiger partial charge in [0.25, 0.3) is 5.56 Å². The van der Waals surface area contributed by atoms with E-state index in [0.29, 0.717) is 29.7 Å². The fraction of sp³-hybridized carbons (Fsp3) is 0.158. The van der Waals surface area contributed by atoms with E-state index < -0.39 is 0 Å². The molecular formula is C19H17N3O2. The predicted octanol–water partition coefficient (Wildman–Crippen LogP) is 2.93. The molecule has 120 valence electrons. The van der Waals surface area contributed by atoms with E-state index in [0.717, 1.165) is 16.6 Å². The van der Waals surface area contributed by atoms with Crippen molar-refractivity contribution >= 4 is 21.8 Å². The number of hydrogen-bond donors (Lipinski definition) is 2. The van der Waals surface area contributed by atoms with Gasteiger partial charge in [-0.15, -0.1) is 0 Å². The first-order valence-corrected chi connectivity index (χ1v) is 7.96. The van der Waals surface area contributed by atoms with Crippen LogP contribution in [0, 0.1) is 0 Å². The van der Waals surface area contributed by atoms with E-state index in [-0.39, 0.29) is 12.2 Å². The smallest absolute Gasteiger partial charge is 0.261 e. The summed E-state index contributed by atoms with van der Waals surface area (Å²) in [5.41, 5.74) is 2.40. The Morgan fingerprint density at radius 1 is 1.08 bits per heavy atom. The normalized spacial score (nSPS) is 11.4. The number of benzene rings is 2. The lowest BCUT2D eigenvalue weighted by Crippen LogP contribution is -2.24. The molecule has 0 unspecified atom stereocenters. The Morgan fingerprint density at radius 2 is 1.88 bits per heavy atom. The van der Waals surface area contributed by atoms with Gasteiger partial charge in [-0.1, -0.05) is 30.3 Å². The van der Waals surface area contributed by atoms with Crippen molar-refractivity contribution in [3.8, 4) is 11.5 Å². The third kappa shape index (κ3) is 2.39. The van der Waals surface area contributed by atoms with Gasteiger partial charge in [0.2, 0.25) is 0 Å². The third-order valence-corrected chi connectivity index (χ3v) is 4.17. The Labute approximate surface area is 138 Å². The molecule has 5 heteroatoms. The summed E-state index contributed by atoms with van der Waals surface area (Å²) >= 11 is 0. The predicted molar refractivity (Wildman–Crippen MR) is 95.0 cm³/mol. The molecule has 4 rings (SSSR count). The second-order valence-corrected chi connectivity index (χ2v) is 5.76. The zero-order valence-corrected chi connectivity index (χ0v) is 13.1. The van der Waals surface area contributed by atoms with Crippen LogP contribution in [0.5, 0.6) is 0 Å². The number of para-hydroxylation sites is 2. The Balaban J connectivity index is 1.99. The Kier molecular flexibility index (Phi) is 3.63. The molecule has 0 atom stereocenters. The van der Waals surface area contributed by atoms with Gasteiger partial charge in [0.05, 0.1) is 16.6 Å². The molecule has 24 heavy (non-hydrogen) atoms. The lowest BCUT2D eigenvalue weighted by atomic mass is 10.2. The molecule has 5 nitrogen and oxygen atoms in total. The van der Waals surface area contributed by atoms with Crippen molar-refractivity contribution in [2.24, 2.45) is 0 Å². The second-order valence-electron chi connectivity index (χ2n) is 5.76. The van der Waals surface area contributed by atoms with E-state index >= 15 is 0 Å². The average Bonchev–Trinajstić information content (AvgIpc) is 3.05. The topological polar surface area (TPSA) is 70.9 Å². The highest BCUT2D eigenvalue weighted by Crippen LogP contribution is 2.23. The molecule has 0 amide bonds. The van der Waals surface area contributed by atoms with Crippen LogP contribution in [0.3, 0.4) is 0 Å². The summed E-state index contributed by atoms with van der Waals surface area (Å²) in [6.45, 7) is 0.462. The first kappa shape index (κ1) is 14.7. The van der Waals surface area contributed by atoms with Gasteiger partial charge in [-0.3, -0.25) is 9.36 Å². The number of fused-ring (bicyclic) bond motifs is 2. The van der Waals surface area contributed by atoms with Crippen LogP contribution in [-0.2, 0) is 6.54 Å². The van der Waals surface area contributed by atoms with Crippen LogP contribution in [0.25, 0.3) is 33.3 Å². The minimum absolute atomic E-state index is 0.0331. The lowest BCUT2D eigenvalue weighted by Gasteiger charge is -2.12. The molecule has 0 aliphatic heterocycles. The van der Waals surface area contributed by atoms with Crippen molar-refractivity contribution in [3.05, 3.63) is 65.0 Å². The summed E-state index contributed by atoms with van der Waals surface area (Å²) in [6.07, 6.45) is 0.507. The van der Waals surface area contributed by atoms with Crippen LogP contribution in [0.2, 0.25) is 0 Å². The number of aliphatic hydroxyl groups excluding tert-OH is 1. The zero-order chi connectivity index (χ0) is 16.5. The van der Waals surface area contributed by atoms with E-state index in [2.05, 4.69) is 4.98 Å². The molecule has 0 fully saturated rings. The van der Waals surface area contributed by atoms with Gasteiger partial charge >= 0.3 is 0 Å². The van der Waals surface area contributed by atoms with E-state index in [9.17, 15) is 4.79 Å². The highest BCUT2D eigenvalue weighted by atomic mass is 16.3. The molecule has 2 aromatic carbocycles. The Bertz CT molecular complexity index is 1050. The van der Waals surface area contributed by atoms with Gasteiger partial charge in [-0.05, 0) is 30.7 Å². The van der Waals surface area contributed by atoms with Gasteiger partial charge in [0, 0.05) is 24.1 Å². The molecule has 0 bridgehead atoms. The summed E-state index contributed by atoms with van der Waals surface area (Å²) < 4.78 is 1.64. The van der Waals surface area contributed by atoms with Gasteiger partial charge < -0.3 is 10.1 Å². The monoisotopic (exact) mass is 319 g/mol. The van der Waals surface area contributed by atoms with E-state index in [1.54, 1.807) is 10.6 Å². The number of H-pyrrole nitrogens is 1. The van der Waals surface area contributed by atoms with Crippen molar-refractivity contribution in [2.45, 2.75) is 13.0 Å². The quantitative estimate of drug-likeness (QED) is 0.607. The number of nitrogens with zero attached hydrogens (tertiary/aromatic N) is 2. The maximum Gasteiger partial charge on any atom is 0.261 e. The van der Waals surface area contributed by atoms with Crippen LogP contribution >= 0.6 is 0 Å². The molecule has 0 spiro atoms. The highest BCUT2D eigenvalue weighted by molar-refractivity contribution is 5.86. The van der Waals surface area contributed by atoms with Gasteiger partial charge in [-0.25, -0.2) is 4.98 Å². The number of aliphatic hydroxyl groups is 1. The number of rotatable bonds is 4. The lowest BCUT2D eigenvalue weighted by molar-refractivity contribution is 0.279. The molecule has 0 saturated carbocycles. The maximum absolute atomic E-state index is 12.9.